The number of aromatic amines is 1. The molecule has 8 heteroatoms. The van der Waals surface area contributed by atoms with Crippen LogP contribution in [0.15, 0.2) is 48.5 Å². The van der Waals surface area contributed by atoms with Crippen molar-refractivity contribution in [2.75, 3.05) is 30.9 Å². The molecule has 176 valence electrons. The molecule has 0 atom stereocenters. The van der Waals surface area contributed by atoms with Crippen LogP contribution in [-0.4, -0.2) is 52.6 Å². The van der Waals surface area contributed by atoms with Crippen LogP contribution < -0.4 is 15.5 Å². The van der Waals surface area contributed by atoms with Crippen LogP contribution >= 0.6 is 0 Å². The number of amides is 1. The zero-order chi connectivity index (χ0) is 23.7. The summed E-state index contributed by atoms with van der Waals surface area (Å²) < 4.78 is 0. The average molecular weight is 459 g/mol. The number of aromatic nitrogens is 3. The molecule has 2 aromatic carbocycles. The van der Waals surface area contributed by atoms with Gasteiger partial charge in [-0.15, -0.1) is 0 Å². The monoisotopic (exact) mass is 458 g/mol. The topological polar surface area (TPSA) is 106 Å². The summed E-state index contributed by atoms with van der Waals surface area (Å²) in [6.45, 7) is 0.656. The van der Waals surface area contributed by atoms with E-state index in [1.54, 1.807) is 24.3 Å². The van der Waals surface area contributed by atoms with E-state index in [4.69, 9.17) is 9.97 Å². The summed E-state index contributed by atoms with van der Waals surface area (Å²) in [6.07, 6.45) is 4.10. The Kier molecular flexibility index (Phi) is 5.96. The van der Waals surface area contributed by atoms with Crippen LogP contribution in [0.5, 0.6) is 5.75 Å². The van der Waals surface area contributed by atoms with Crippen molar-refractivity contribution in [1.82, 2.24) is 20.3 Å². The third-order valence-corrected chi connectivity index (χ3v) is 6.59. The van der Waals surface area contributed by atoms with E-state index in [1.807, 2.05) is 43.3 Å². The number of H-pyrrole nitrogens is 1. The molecule has 2 heterocycles. The summed E-state index contributed by atoms with van der Waals surface area (Å²) in [5, 5.41) is 18.1. The van der Waals surface area contributed by atoms with Crippen LogP contribution in [0.3, 0.4) is 0 Å². The largest absolute Gasteiger partial charge is 0.508 e. The van der Waals surface area contributed by atoms with Crippen LogP contribution in [0.4, 0.5) is 11.8 Å². The lowest BCUT2D eigenvalue weighted by Crippen LogP contribution is -2.34. The van der Waals surface area contributed by atoms with Gasteiger partial charge < -0.3 is 25.6 Å². The standard InChI is InChI=1S/C26H30N6O2/c1-32(2)24-20-5-3-4-6-22(20)30-26(31-24)28-18-9-7-16(8-10-18)15-27-25(34)23-14-17-13-19(33)11-12-21(17)29-23/h3-6,11-14,16,18,29,33H,7-10,15H2,1-2H3,(H,27,34)(H,28,30,31)/t16-,18+. The van der Waals surface area contributed by atoms with Crippen molar-refractivity contribution in [1.29, 1.82) is 0 Å². The predicted octanol–water partition coefficient (Wildman–Crippen LogP) is 4.28. The van der Waals surface area contributed by atoms with Crippen molar-refractivity contribution in [3.05, 3.63) is 54.2 Å². The van der Waals surface area contributed by atoms with Crippen molar-refractivity contribution >= 4 is 39.5 Å². The number of benzene rings is 2. The zero-order valence-electron chi connectivity index (χ0n) is 19.5. The van der Waals surface area contributed by atoms with E-state index < -0.39 is 0 Å². The predicted molar refractivity (Wildman–Crippen MR) is 136 cm³/mol. The number of nitrogens with one attached hydrogen (secondary N) is 3. The molecule has 4 N–H and O–H groups in total. The number of fused-ring (bicyclic) bond motifs is 2. The molecular weight excluding hydrogens is 428 g/mol. The maximum atomic E-state index is 12.6. The second-order valence-electron chi connectivity index (χ2n) is 9.31. The number of phenolic OH excluding ortho intramolecular Hbond substituents is 1. The fourth-order valence-electron chi connectivity index (χ4n) is 4.73. The third-order valence-electron chi connectivity index (χ3n) is 6.59. The molecule has 1 aliphatic rings. The molecule has 1 amide bonds. The molecule has 8 nitrogen and oxygen atoms in total. The van der Waals surface area contributed by atoms with Gasteiger partial charge in [0.2, 0.25) is 5.95 Å². The van der Waals surface area contributed by atoms with Gasteiger partial charge in [0.15, 0.2) is 0 Å². The first-order chi connectivity index (χ1) is 16.5. The van der Waals surface area contributed by atoms with Gasteiger partial charge in [-0.05, 0) is 68.0 Å². The molecule has 0 bridgehead atoms. The molecule has 5 rings (SSSR count). The first-order valence-electron chi connectivity index (χ1n) is 11.8. The van der Waals surface area contributed by atoms with Crippen LogP contribution in [0.25, 0.3) is 21.8 Å². The minimum Gasteiger partial charge on any atom is -0.508 e. The SMILES string of the molecule is CN(C)c1nc(N[C@H]2CC[C@@H](CNC(=O)c3cc4cc(O)ccc4[nH]3)CC2)nc2ccccc12. The summed E-state index contributed by atoms with van der Waals surface area (Å²) in [4.78, 5) is 27.2. The van der Waals surface area contributed by atoms with E-state index in [0.717, 1.165) is 53.3 Å². The molecular formula is C26H30N6O2. The highest BCUT2D eigenvalue weighted by molar-refractivity contribution is 5.98. The van der Waals surface area contributed by atoms with Crippen LogP contribution in [-0.2, 0) is 0 Å². The number of carbonyl (C=O) groups is 1. The quantitative estimate of drug-likeness (QED) is 0.344. The Morgan fingerprint density at radius 3 is 2.68 bits per heavy atom. The van der Waals surface area contributed by atoms with Gasteiger partial charge in [-0.25, -0.2) is 4.98 Å². The molecule has 0 unspecified atom stereocenters. The van der Waals surface area contributed by atoms with Crippen molar-refractivity contribution < 1.29 is 9.90 Å². The maximum absolute atomic E-state index is 12.6. The number of nitrogens with zero attached hydrogens (tertiary/aromatic N) is 3. The normalized spacial score (nSPS) is 18.2. The highest BCUT2D eigenvalue weighted by Crippen LogP contribution is 2.28. The van der Waals surface area contributed by atoms with E-state index in [0.29, 0.717) is 30.1 Å². The Bertz CT molecular complexity index is 1320. The Balaban J connectivity index is 1.15. The van der Waals surface area contributed by atoms with Gasteiger partial charge >= 0.3 is 0 Å². The van der Waals surface area contributed by atoms with E-state index in [2.05, 4.69) is 15.6 Å². The number of phenols is 1. The van der Waals surface area contributed by atoms with E-state index in [9.17, 15) is 9.90 Å². The third kappa shape index (κ3) is 4.62. The Morgan fingerprint density at radius 2 is 1.88 bits per heavy atom. The van der Waals surface area contributed by atoms with Crippen molar-refractivity contribution in [2.24, 2.45) is 5.92 Å². The molecule has 0 aliphatic heterocycles. The Labute approximate surface area is 198 Å². The first kappa shape index (κ1) is 22.0. The molecule has 1 fully saturated rings. The average Bonchev–Trinajstić information content (AvgIpc) is 3.26. The molecule has 0 saturated heterocycles. The molecule has 2 aromatic heterocycles. The summed E-state index contributed by atoms with van der Waals surface area (Å²) in [5.41, 5.74) is 2.29. The Hall–Kier alpha value is -3.81. The van der Waals surface area contributed by atoms with Gasteiger partial charge in [-0.1, -0.05) is 12.1 Å². The molecule has 1 saturated carbocycles. The van der Waals surface area contributed by atoms with E-state index >= 15 is 0 Å². The minimum absolute atomic E-state index is 0.114. The number of anilines is 2. The fourth-order valence-corrected chi connectivity index (χ4v) is 4.73. The Morgan fingerprint density at radius 1 is 1.09 bits per heavy atom. The summed E-state index contributed by atoms with van der Waals surface area (Å²) in [6, 6.07) is 15.2. The van der Waals surface area contributed by atoms with Crippen molar-refractivity contribution in [3.8, 4) is 5.75 Å². The fraction of sp³-hybridized carbons (Fsp3) is 0.346. The van der Waals surface area contributed by atoms with Gasteiger partial charge in [0.05, 0.1) is 5.52 Å². The highest BCUT2D eigenvalue weighted by Gasteiger charge is 2.23. The lowest BCUT2D eigenvalue weighted by Gasteiger charge is -2.29. The highest BCUT2D eigenvalue weighted by atomic mass is 16.3. The van der Waals surface area contributed by atoms with Crippen LogP contribution in [0.1, 0.15) is 36.2 Å². The lowest BCUT2D eigenvalue weighted by atomic mass is 9.86. The molecule has 0 spiro atoms. The second kappa shape index (κ2) is 9.21. The van der Waals surface area contributed by atoms with Gasteiger partial charge in [0.1, 0.15) is 17.3 Å². The zero-order valence-corrected chi connectivity index (χ0v) is 19.5. The van der Waals surface area contributed by atoms with Crippen LogP contribution in [0, 0.1) is 5.92 Å². The molecule has 0 radical (unpaired) electrons. The summed E-state index contributed by atoms with van der Waals surface area (Å²) in [7, 11) is 4.00. The number of hydrogen-bond acceptors (Lipinski definition) is 6. The number of para-hydroxylation sites is 1. The summed E-state index contributed by atoms with van der Waals surface area (Å²) in [5.74, 6) is 2.11. The molecule has 34 heavy (non-hydrogen) atoms. The lowest BCUT2D eigenvalue weighted by molar-refractivity contribution is 0.0939. The molecule has 4 aromatic rings. The summed E-state index contributed by atoms with van der Waals surface area (Å²) >= 11 is 0. The first-order valence-corrected chi connectivity index (χ1v) is 11.8. The molecule has 1 aliphatic carbocycles. The smallest absolute Gasteiger partial charge is 0.267 e. The second-order valence-corrected chi connectivity index (χ2v) is 9.31. The minimum atomic E-state index is -0.114. The van der Waals surface area contributed by atoms with Crippen molar-refractivity contribution in [2.45, 2.75) is 31.7 Å². The van der Waals surface area contributed by atoms with Gasteiger partial charge in [0.25, 0.3) is 5.91 Å². The number of aromatic hydroxyl groups is 1. The van der Waals surface area contributed by atoms with Crippen LogP contribution in [0.2, 0.25) is 0 Å². The number of rotatable bonds is 6. The van der Waals surface area contributed by atoms with E-state index in [1.165, 1.54) is 0 Å². The van der Waals surface area contributed by atoms with Gasteiger partial charge in [-0.2, -0.15) is 4.98 Å². The van der Waals surface area contributed by atoms with Gasteiger partial charge in [0, 0.05) is 43.0 Å². The number of hydrogen-bond donors (Lipinski definition) is 4. The van der Waals surface area contributed by atoms with Crippen molar-refractivity contribution in [3.63, 3.8) is 0 Å². The number of carbonyl (C=O) groups excluding carboxylic acids is 1. The van der Waals surface area contributed by atoms with Gasteiger partial charge in [-0.3, -0.25) is 4.79 Å². The van der Waals surface area contributed by atoms with E-state index in [-0.39, 0.29) is 11.7 Å². The maximum Gasteiger partial charge on any atom is 0.267 e.